The Kier molecular flexibility index (Phi) is 5.49. The molecular weight excluding hydrogens is 283 g/mol. The zero-order chi connectivity index (χ0) is 15.9. The first-order valence-corrected chi connectivity index (χ1v) is 7.00. The number of rotatable bonds is 7. The number of carbonyl (C=O) groups is 1. The van der Waals surface area contributed by atoms with Gasteiger partial charge in [0.2, 0.25) is 5.91 Å². The van der Waals surface area contributed by atoms with Gasteiger partial charge in [-0.1, -0.05) is 12.1 Å². The number of likely N-dealkylation sites (N-methyl/N-ethyl adjacent to an activating group) is 1. The summed E-state index contributed by atoms with van der Waals surface area (Å²) in [6.45, 7) is 1.99. The number of halogens is 1. The molecule has 22 heavy (non-hydrogen) atoms. The first kappa shape index (κ1) is 16.0. The van der Waals surface area contributed by atoms with Gasteiger partial charge in [-0.25, -0.2) is 4.39 Å². The molecule has 0 aliphatic carbocycles. The van der Waals surface area contributed by atoms with E-state index >= 15 is 0 Å². The van der Waals surface area contributed by atoms with Crippen LogP contribution in [-0.4, -0.2) is 31.0 Å². The predicted molar refractivity (Wildman–Crippen MR) is 83.2 cm³/mol. The molecular formula is C17H19FN2O2. The highest BCUT2D eigenvalue weighted by molar-refractivity contribution is 5.92. The van der Waals surface area contributed by atoms with E-state index in [0.717, 1.165) is 18.7 Å². The molecule has 116 valence electrons. The molecule has 0 fully saturated rings. The first-order valence-electron chi connectivity index (χ1n) is 7.00. The van der Waals surface area contributed by atoms with E-state index in [9.17, 15) is 9.18 Å². The second-order valence-electron chi connectivity index (χ2n) is 5.10. The van der Waals surface area contributed by atoms with Crippen molar-refractivity contribution in [1.82, 2.24) is 4.90 Å². The number of ether oxygens (including phenoxy) is 1. The van der Waals surface area contributed by atoms with E-state index < -0.39 is 5.91 Å². The molecule has 0 unspecified atom stereocenters. The maximum Gasteiger partial charge on any atom is 0.248 e. The van der Waals surface area contributed by atoms with Crippen LogP contribution in [0.25, 0.3) is 0 Å². The fraction of sp³-hybridized carbons (Fsp3) is 0.235. The summed E-state index contributed by atoms with van der Waals surface area (Å²) in [6.07, 6.45) is 0. The highest BCUT2D eigenvalue weighted by Crippen LogP contribution is 2.11. The van der Waals surface area contributed by atoms with Crippen LogP contribution in [0.4, 0.5) is 4.39 Å². The van der Waals surface area contributed by atoms with E-state index in [0.29, 0.717) is 17.9 Å². The van der Waals surface area contributed by atoms with Gasteiger partial charge in [-0.3, -0.25) is 9.69 Å². The van der Waals surface area contributed by atoms with Gasteiger partial charge in [0, 0.05) is 18.7 Å². The van der Waals surface area contributed by atoms with Crippen molar-refractivity contribution in [2.45, 2.75) is 6.54 Å². The minimum Gasteiger partial charge on any atom is -0.492 e. The number of benzene rings is 2. The van der Waals surface area contributed by atoms with Crippen molar-refractivity contribution in [1.29, 1.82) is 0 Å². The molecule has 0 bridgehead atoms. The van der Waals surface area contributed by atoms with Gasteiger partial charge < -0.3 is 10.5 Å². The SMILES string of the molecule is CN(CCOc1ccc(F)cc1)Cc1ccc(C(N)=O)cc1. The Hall–Kier alpha value is -2.40. The molecule has 2 N–H and O–H groups in total. The highest BCUT2D eigenvalue weighted by Gasteiger charge is 2.03. The smallest absolute Gasteiger partial charge is 0.248 e. The van der Waals surface area contributed by atoms with E-state index in [1.54, 1.807) is 24.3 Å². The lowest BCUT2D eigenvalue weighted by Gasteiger charge is -2.17. The molecule has 0 heterocycles. The van der Waals surface area contributed by atoms with Crippen LogP contribution in [0.5, 0.6) is 5.75 Å². The van der Waals surface area contributed by atoms with Gasteiger partial charge in [-0.05, 0) is 49.0 Å². The summed E-state index contributed by atoms with van der Waals surface area (Å²) >= 11 is 0. The van der Waals surface area contributed by atoms with Crippen LogP contribution in [0.2, 0.25) is 0 Å². The number of nitrogens with zero attached hydrogens (tertiary/aromatic N) is 1. The van der Waals surface area contributed by atoms with E-state index in [-0.39, 0.29) is 5.82 Å². The molecule has 0 aliphatic heterocycles. The Labute approximate surface area is 129 Å². The van der Waals surface area contributed by atoms with Crippen LogP contribution in [0.1, 0.15) is 15.9 Å². The zero-order valence-electron chi connectivity index (χ0n) is 12.5. The lowest BCUT2D eigenvalue weighted by Crippen LogP contribution is -2.24. The molecule has 0 atom stereocenters. The van der Waals surface area contributed by atoms with Crippen molar-refractivity contribution in [3.8, 4) is 5.75 Å². The molecule has 2 rings (SSSR count). The van der Waals surface area contributed by atoms with Crippen LogP contribution in [-0.2, 0) is 6.54 Å². The monoisotopic (exact) mass is 302 g/mol. The fourth-order valence-electron chi connectivity index (χ4n) is 2.02. The van der Waals surface area contributed by atoms with Crippen molar-refractivity contribution in [3.63, 3.8) is 0 Å². The quantitative estimate of drug-likeness (QED) is 0.854. The van der Waals surface area contributed by atoms with Crippen molar-refractivity contribution in [3.05, 3.63) is 65.5 Å². The summed E-state index contributed by atoms with van der Waals surface area (Å²) in [6, 6.07) is 13.2. The number of nitrogens with two attached hydrogens (primary N) is 1. The van der Waals surface area contributed by atoms with Crippen molar-refractivity contribution >= 4 is 5.91 Å². The lowest BCUT2D eigenvalue weighted by molar-refractivity contribution is 0.100. The van der Waals surface area contributed by atoms with Crippen LogP contribution in [0.3, 0.4) is 0 Å². The van der Waals surface area contributed by atoms with E-state index in [4.69, 9.17) is 10.5 Å². The largest absolute Gasteiger partial charge is 0.492 e. The normalized spacial score (nSPS) is 10.7. The van der Waals surface area contributed by atoms with Crippen LogP contribution >= 0.6 is 0 Å². The Morgan fingerprint density at radius 3 is 2.36 bits per heavy atom. The third-order valence-electron chi connectivity index (χ3n) is 3.25. The van der Waals surface area contributed by atoms with Gasteiger partial charge >= 0.3 is 0 Å². The zero-order valence-corrected chi connectivity index (χ0v) is 12.5. The highest BCUT2D eigenvalue weighted by atomic mass is 19.1. The molecule has 0 saturated carbocycles. The maximum atomic E-state index is 12.8. The number of hydrogen-bond acceptors (Lipinski definition) is 3. The molecule has 0 radical (unpaired) electrons. The molecule has 0 spiro atoms. The number of primary amides is 1. The van der Waals surface area contributed by atoms with Crippen LogP contribution in [0.15, 0.2) is 48.5 Å². The van der Waals surface area contributed by atoms with Crippen LogP contribution < -0.4 is 10.5 Å². The summed E-state index contributed by atoms with van der Waals surface area (Å²) in [7, 11) is 1.98. The standard InChI is InChI=1S/C17H19FN2O2/c1-20(10-11-22-16-8-6-15(18)7-9-16)12-13-2-4-14(5-3-13)17(19)21/h2-9H,10-12H2,1H3,(H2,19,21). The third kappa shape index (κ3) is 4.86. The molecule has 0 aliphatic rings. The molecule has 0 aromatic heterocycles. The summed E-state index contributed by atoms with van der Waals surface area (Å²) in [5.74, 6) is -0.0444. The fourth-order valence-corrected chi connectivity index (χ4v) is 2.02. The van der Waals surface area contributed by atoms with E-state index in [1.807, 2.05) is 19.2 Å². The van der Waals surface area contributed by atoms with Crippen molar-refractivity contribution in [2.75, 3.05) is 20.2 Å². The molecule has 5 heteroatoms. The van der Waals surface area contributed by atoms with Gasteiger partial charge in [-0.2, -0.15) is 0 Å². The molecule has 2 aromatic carbocycles. The molecule has 1 amide bonds. The maximum absolute atomic E-state index is 12.8. The van der Waals surface area contributed by atoms with Gasteiger partial charge in [-0.15, -0.1) is 0 Å². The van der Waals surface area contributed by atoms with Gasteiger partial charge in [0.05, 0.1) is 0 Å². The second kappa shape index (κ2) is 7.56. The lowest BCUT2D eigenvalue weighted by atomic mass is 10.1. The summed E-state index contributed by atoms with van der Waals surface area (Å²) in [4.78, 5) is 13.1. The summed E-state index contributed by atoms with van der Waals surface area (Å²) in [5, 5.41) is 0. The minimum atomic E-state index is -0.424. The number of carbonyl (C=O) groups excluding carboxylic acids is 1. The Bertz CT molecular complexity index is 612. The number of amides is 1. The predicted octanol–water partition coefficient (Wildman–Crippen LogP) is 2.44. The van der Waals surface area contributed by atoms with Gasteiger partial charge in [0.1, 0.15) is 18.2 Å². The summed E-state index contributed by atoms with van der Waals surface area (Å²) < 4.78 is 18.3. The Morgan fingerprint density at radius 2 is 1.77 bits per heavy atom. The van der Waals surface area contributed by atoms with Crippen LogP contribution in [0, 0.1) is 5.82 Å². The molecule has 4 nitrogen and oxygen atoms in total. The topological polar surface area (TPSA) is 55.6 Å². The van der Waals surface area contributed by atoms with Gasteiger partial charge in [0.15, 0.2) is 0 Å². The van der Waals surface area contributed by atoms with Crippen molar-refractivity contribution in [2.24, 2.45) is 5.73 Å². The Balaban J connectivity index is 1.76. The van der Waals surface area contributed by atoms with Crippen molar-refractivity contribution < 1.29 is 13.9 Å². The average molecular weight is 302 g/mol. The average Bonchev–Trinajstić information content (AvgIpc) is 2.50. The minimum absolute atomic E-state index is 0.274. The Morgan fingerprint density at radius 1 is 1.14 bits per heavy atom. The number of hydrogen-bond donors (Lipinski definition) is 1. The summed E-state index contributed by atoms with van der Waals surface area (Å²) in [5.41, 5.74) is 6.80. The van der Waals surface area contributed by atoms with E-state index in [2.05, 4.69) is 4.90 Å². The van der Waals surface area contributed by atoms with Gasteiger partial charge in [0.25, 0.3) is 0 Å². The third-order valence-corrected chi connectivity index (χ3v) is 3.25. The molecule has 2 aromatic rings. The molecule has 0 saturated heterocycles. The van der Waals surface area contributed by atoms with E-state index in [1.165, 1.54) is 12.1 Å². The second-order valence-corrected chi connectivity index (χ2v) is 5.10. The first-order chi connectivity index (χ1) is 10.5.